The van der Waals surface area contributed by atoms with Gasteiger partial charge in [0.05, 0.1) is 41.8 Å². The minimum atomic E-state index is 0.0977. The Morgan fingerprint density at radius 1 is 0.846 bits per heavy atom. The van der Waals surface area contributed by atoms with Crippen LogP contribution in [-0.2, 0) is 28.2 Å². The molecule has 0 fully saturated rings. The molecule has 26 heavy (non-hydrogen) atoms. The summed E-state index contributed by atoms with van der Waals surface area (Å²) >= 11 is 3.66. The molecule has 0 saturated carbocycles. The van der Waals surface area contributed by atoms with Crippen molar-refractivity contribution in [3.05, 3.63) is 60.2 Å². The molecule has 6 nitrogen and oxygen atoms in total. The van der Waals surface area contributed by atoms with Crippen molar-refractivity contribution in [2.75, 3.05) is 13.2 Å². The fourth-order valence-corrected chi connectivity index (χ4v) is 2.94. The van der Waals surface area contributed by atoms with Crippen molar-refractivity contribution in [2.45, 2.75) is 13.1 Å². The summed E-state index contributed by atoms with van der Waals surface area (Å²) < 4.78 is 0. The van der Waals surface area contributed by atoms with Crippen LogP contribution in [0.4, 0.5) is 0 Å². The molecule has 2 aromatic heterocycles. The van der Waals surface area contributed by atoms with Gasteiger partial charge in [-0.2, -0.15) is 0 Å². The van der Waals surface area contributed by atoms with Crippen molar-refractivity contribution in [1.29, 1.82) is 0 Å². The van der Waals surface area contributed by atoms with E-state index in [4.69, 9.17) is 0 Å². The van der Waals surface area contributed by atoms with Gasteiger partial charge in [-0.25, -0.2) is 9.97 Å². The number of aromatic amines is 2. The molecular formula is C18H19ClCuN5O+. The SMILES string of the molecule is OCCN(Cc1nc2ccccc2[nH]1)Cc1nc2ccccc2[nH]1.[Cl][Cu+]. The molecule has 0 aliphatic heterocycles. The maximum atomic E-state index is 9.37. The summed E-state index contributed by atoms with van der Waals surface area (Å²) in [6.45, 7) is 1.92. The second kappa shape index (κ2) is 9.16. The fraction of sp³-hybridized carbons (Fsp3) is 0.222. The van der Waals surface area contributed by atoms with Crippen molar-refractivity contribution < 1.29 is 20.2 Å². The van der Waals surface area contributed by atoms with Crippen LogP contribution in [0.15, 0.2) is 48.5 Å². The van der Waals surface area contributed by atoms with Gasteiger partial charge in [-0.3, -0.25) is 4.90 Å². The third-order valence-electron chi connectivity index (χ3n) is 4.04. The second-order valence-corrected chi connectivity index (χ2v) is 5.84. The first kappa shape index (κ1) is 18.9. The van der Waals surface area contributed by atoms with E-state index in [1.54, 1.807) is 0 Å². The summed E-state index contributed by atoms with van der Waals surface area (Å²) in [6, 6.07) is 16.0. The summed E-state index contributed by atoms with van der Waals surface area (Å²) in [4.78, 5) is 18.0. The van der Waals surface area contributed by atoms with Gasteiger partial charge in [-0.1, -0.05) is 24.3 Å². The first-order chi connectivity index (χ1) is 12.8. The molecular weight excluding hydrogens is 401 g/mol. The molecule has 8 heteroatoms. The van der Waals surface area contributed by atoms with Gasteiger partial charge in [-0.15, -0.1) is 0 Å². The number of hydrogen-bond acceptors (Lipinski definition) is 4. The van der Waals surface area contributed by atoms with Crippen LogP contribution in [0, 0.1) is 0 Å². The molecule has 0 aliphatic carbocycles. The maximum absolute atomic E-state index is 9.37. The molecule has 139 valence electrons. The van der Waals surface area contributed by atoms with Crippen molar-refractivity contribution in [3.63, 3.8) is 0 Å². The van der Waals surface area contributed by atoms with Crippen LogP contribution >= 0.6 is 10.1 Å². The first-order valence-electron chi connectivity index (χ1n) is 8.14. The zero-order valence-corrected chi connectivity index (χ0v) is 15.6. The molecule has 0 spiro atoms. The first-order valence-corrected chi connectivity index (χ1v) is 9.43. The standard InChI is InChI=1S/C18H19N5O.ClH.Cu/c24-10-9-23(11-17-19-13-5-1-2-6-14(13)20-17)12-18-21-15-7-3-4-8-16(15)22-18;;/h1-8,24H,9-12H2,(H,19,20)(H,21,22);1H;/q;;+2/p-1. The predicted molar refractivity (Wildman–Crippen MR) is 99.2 cm³/mol. The second-order valence-electron chi connectivity index (χ2n) is 5.84. The van der Waals surface area contributed by atoms with Crippen LogP contribution in [0.1, 0.15) is 11.6 Å². The quantitative estimate of drug-likeness (QED) is 0.419. The molecule has 0 radical (unpaired) electrons. The van der Waals surface area contributed by atoms with E-state index in [1.807, 2.05) is 48.5 Å². The van der Waals surface area contributed by atoms with Gasteiger partial charge < -0.3 is 15.1 Å². The van der Waals surface area contributed by atoms with E-state index in [9.17, 15) is 5.11 Å². The summed E-state index contributed by atoms with van der Waals surface area (Å²) in [6.07, 6.45) is 0. The number of aromatic nitrogens is 4. The Bertz CT molecular complexity index is 828. The van der Waals surface area contributed by atoms with E-state index < -0.39 is 0 Å². The Morgan fingerprint density at radius 2 is 1.31 bits per heavy atom. The van der Waals surface area contributed by atoms with Crippen LogP contribution in [0.25, 0.3) is 22.1 Å². The Morgan fingerprint density at radius 3 is 1.73 bits per heavy atom. The number of fused-ring (bicyclic) bond motifs is 2. The molecule has 0 saturated heterocycles. The van der Waals surface area contributed by atoms with E-state index in [2.05, 4.69) is 50.0 Å². The molecule has 0 aliphatic rings. The number of aliphatic hydroxyl groups excluding tert-OH is 1. The molecule has 4 rings (SSSR count). The van der Waals surface area contributed by atoms with E-state index >= 15 is 0 Å². The van der Waals surface area contributed by atoms with Crippen LogP contribution in [0.5, 0.6) is 0 Å². The number of H-pyrrole nitrogens is 2. The Kier molecular flexibility index (Phi) is 6.66. The minimum absolute atomic E-state index is 0.0977. The molecule has 0 bridgehead atoms. The van der Waals surface area contributed by atoms with Gasteiger partial charge in [0.25, 0.3) is 0 Å². The number of rotatable bonds is 6. The molecule has 4 aromatic rings. The van der Waals surface area contributed by atoms with Crippen LogP contribution in [0.3, 0.4) is 0 Å². The van der Waals surface area contributed by atoms with Gasteiger partial charge >= 0.3 is 25.2 Å². The van der Waals surface area contributed by atoms with Crippen molar-refractivity contribution >= 4 is 32.2 Å². The average molecular weight is 420 g/mol. The van der Waals surface area contributed by atoms with Crippen molar-refractivity contribution in [2.24, 2.45) is 0 Å². The van der Waals surface area contributed by atoms with Gasteiger partial charge in [0.1, 0.15) is 11.6 Å². The summed E-state index contributed by atoms with van der Waals surface area (Å²) in [5.41, 5.74) is 3.97. The summed E-state index contributed by atoms with van der Waals surface area (Å²) in [7, 11) is 4.20. The zero-order chi connectivity index (χ0) is 18.4. The summed E-state index contributed by atoms with van der Waals surface area (Å²) in [5, 5.41) is 9.37. The normalized spacial score (nSPS) is 11.1. The van der Waals surface area contributed by atoms with E-state index in [0.29, 0.717) is 19.6 Å². The van der Waals surface area contributed by atoms with E-state index in [1.165, 1.54) is 0 Å². The topological polar surface area (TPSA) is 80.8 Å². The Hall–Kier alpha value is -1.89. The molecule has 2 aromatic carbocycles. The van der Waals surface area contributed by atoms with Crippen LogP contribution in [0.2, 0.25) is 0 Å². The van der Waals surface area contributed by atoms with Gasteiger partial charge in [0.2, 0.25) is 0 Å². The van der Waals surface area contributed by atoms with E-state index in [-0.39, 0.29) is 6.61 Å². The Balaban J connectivity index is 0.000000948. The fourth-order valence-electron chi connectivity index (χ4n) is 2.94. The molecule has 0 amide bonds. The third-order valence-corrected chi connectivity index (χ3v) is 4.04. The van der Waals surface area contributed by atoms with E-state index in [0.717, 1.165) is 33.7 Å². The van der Waals surface area contributed by atoms with Gasteiger partial charge in [-0.05, 0) is 24.3 Å². The van der Waals surface area contributed by atoms with Crippen molar-refractivity contribution in [3.8, 4) is 0 Å². The van der Waals surface area contributed by atoms with Gasteiger partial charge in [0, 0.05) is 6.54 Å². The van der Waals surface area contributed by atoms with Gasteiger partial charge in [0.15, 0.2) is 0 Å². The number of hydrogen-bond donors (Lipinski definition) is 3. The monoisotopic (exact) mass is 419 g/mol. The zero-order valence-electron chi connectivity index (χ0n) is 13.9. The molecule has 3 N–H and O–H groups in total. The molecule has 0 unspecified atom stereocenters. The number of nitrogens with zero attached hydrogens (tertiary/aromatic N) is 3. The number of halogens is 1. The third kappa shape index (κ3) is 4.44. The van der Waals surface area contributed by atoms with Crippen molar-refractivity contribution in [1.82, 2.24) is 24.8 Å². The average Bonchev–Trinajstić information content (AvgIpc) is 3.26. The van der Waals surface area contributed by atoms with Crippen LogP contribution < -0.4 is 0 Å². The predicted octanol–water partition coefficient (Wildman–Crippen LogP) is 3.12. The summed E-state index contributed by atoms with van der Waals surface area (Å²) in [5.74, 6) is 1.78. The number of para-hydroxylation sites is 4. The number of aliphatic hydroxyl groups is 1. The molecule has 0 atom stereocenters. The Labute approximate surface area is 163 Å². The number of nitrogens with one attached hydrogen (secondary N) is 2. The molecule has 2 heterocycles. The van der Waals surface area contributed by atoms with Crippen LogP contribution in [-0.4, -0.2) is 43.1 Å². The number of imidazole rings is 2. The number of benzene rings is 2.